The Morgan fingerprint density at radius 2 is 1.65 bits per heavy atom. The molecule has 1 heterocycles. The highest BCUT2D eigenvalue weighted by Gasteiger charge is 2.21. The molecule has 0 aliphatic heterocycles. The first kappa shape index (κ1) is 21.8. The van der Waals surface area contributed by atoms with Crippen LogP contribution in [0.3, 0.4) is 0 Å². The number of benzene rings is 2. The third-order valence-electron chi connectivity index (χ3n) is 6.82. The van der Waals surface area contributed by atoms with E-state index in [0.717, 1.165) is 6.54 Å². The van der Waals surface area contributed by atoms with Crippen LogP contribution in [0.1, 0.15) is 80.9 Å². The molecule has 31 heavy (non-hydrogen) atoms. The highest BCUT2D eigenvalue weighted by molar-refractivity contribution is 5.62. The quantitative estimate of drug-likeness (QED) is 0.454. The molecule has 1 N–H and O–H groups in total. The van der Waals surface area contributed by atoms with Gasteiger partial charge in [0.25, 0.3) is 0 Å². The molecule has 0 radical (unpaired) electrons. The summed E-state index contributed by atoms with van der Waals surface area (Å²) < 4.78 is 0. The standard InChI is InChI=1S/C29H36N2/c1-22(2)28-11-5-6-12-29(28)25-8-3-4-10-27(18-17-25)31-20-23-13-15-24(16-14-23)26-9-7-19-30-21-26/h5-7,9,11-16,19,21-22,25,27,31H,3-4,8,10,17-18,20H2,1-2H3. The molecule has 3 aromatic rings. The summed E-state index contributed by atoms with van der Waals surface area (Å²) in [6.45, 7) is 5.60. The number of nitrogens with zero attached hydrogens (tertiary/aromatic N) is 1. The van der Waals surface area contributed by atoms with Crippen molar-refractivity contribution in [3.63, 3.8) is 0 Å². The van der Waals surface area contributed by atoms with E-state index in [9.17, 15) is 0 Å². The predicted octanol–water partition coefficient (Wildman–Crippen LogP) is 7.47. The second kappa shape index (κ2) is 10.7. The third-order valence-corrected chi connectivity index (χ3v) is 6.82. The molecule has 2 aromatic carbocycles. The van der Waals surface area contributed by atoms with E-state index in [0.29, 0.717) is 17.9 Å². The molecule has 1 aliphatic carbocycles. The number of hydrogen-bond donors (Lipinski definition) is 1. The summed E-state index contributed by atoms with van der Waals surface area (Å²) in [5.41, 5.74) is 6.91. The summed E-state index contributed by atoms with van der Waals surface area (Å²) in [6, 6.07) is 22.8. The van der Waals surface area contributed by atoms with Gasteiger partial charge in [-0.1, -0.05) is 81.3 Å². The zero-order chi connectivity index (χ0) is 21.5. The molecule has 0 spiro atoms. The van der Waals surface area contributed by atoms with Crippen LogP contribution in [-0.4, -0.2) is 11.0 Å². The van der Waals surface area contributed by atoms with Gasteiger partial charge in [-0.15, -0.1) is 0 Å². The molecule has 2 nitrogen and oxygen atoms in total. The molecular formula is C29H36N2. The van der Waals surface area contributed by atoms with Crippen LogP contribution in [0.15, 0.2) is 73.1 Å². The average molecular weight is 413 g/mol. The zero-order valence-electron chi connectivity index (χ0n) is 19.1. The minimum absolute atomic E-state index is 0.602. The van der Waals surface area contributed by atoms with Crippen LogP contribution >= 0.6 is 0 Å². The Bertz CT molecular complexity index is 930. The lowest BCUT2D eigenvalue weighted by Gasteiger charge is -2.28. The van der Waals surface area contributed by atoms with Crippen molar-refractivity contribution in [3.05, 3.63) is 89.7 Å². The van der Waals surface area contributed by atoms with E-state index in [1.165, 1.54) is 55.2 Å². The van der Waals surface area contributed by atoms with Gasteiger partial charge in [0.2, 0.25) is 0 Å². The molecule has 0 amide bonds. The first-order chi connectivity index (χ1) is 15.2. The van der Waals surface area contributed by atoms with Crippen molar-refractivity contribution in [3.8, 4) is 11.1 Å². The van der Waals surface area contributed by atoms with E-state index in [-0.39, 0.29) is 0 Å². The molecule has 0 saturated heterocycles. The zero-order valence-corrected chi connectivity index (χ0v) is 19.1. The van der Waals surface area contributed by atoms with Crippen LogP contribution < -0.4 is 5.32 Å². The lowest BCUT2D eigenvalue weighted by Crippen LogP contribution is -2.30. The van der Waals surface area contributed by atoms with E-state index in [1.807, 2.05) is 18.5 Å². The number of rotatable bonds is 6. The molecule has 2 unspecified atom stereocenters. The van der Waals surface area contributed by atoms with Crippen LogP contribution in [0.4, 0.5) is 0 Å². The molecule has 1 saturated carbocycles. The van der Waals surface area contributed by atoms with Gasteiger partial charge >= 0.3 is 0 Å². The normalized spacial score (nSPS) is 19.7. The second-order valence-electron chi connectivity index (χ2n) is 9.36. The van der Waals surface area contributed by atoms with Crippen molar-refractivity contribution in [1.82, 2.24) is 10.3 Å². The molecule has 1 aromatic heterocycles. The summed E-state index contributed by atoms with van der Waals surface area (Å²) in [5, 5.41) is 3.86. The molecular weight excluding hydrogens is 376 g/mol. The monoisotopic (exact) mass is 412 g/mol. The van der Waals surface area contributed by atoms with Gasteiger partial charge in [0.15, 0.2) is 0 Å². The molecule has 1 aliphatic rings. The molecule has 162 valence electrons. The largest absolute Gasteiger partial charge is 0.310 e. The Balaban J connectivity index is 1.35. The van der Waals surface area contributed by atoms with Gasteiger partial charge in [0.1, 0.15) is 0 Å². The van der Waals surface area contributed by atoms with E-state index >= 15 is 0 Å². The van der Waals surface area contributed by atoms with Crippen molar-refractivity contribution in [1.29, 1.82) is 0 Å². The third kappa shape index (κ3) is 5.83. The number of nitrogens with one attached hydrogen (secondary N) is 1. The number of aromatic nitrogens is 1. The Hall–Kier alpha value is -2.45. The molecule has 2 heteroatoms. The molecule has 4 rings (SSSR count). The van der Waals surface area contributed by atoms with E-state index < -0.39 is 0 Å². The molecule has 2 atom stereocenters. The van der Waals surface area contributed by atoms with E-state index in [2.05, 4.69) is 78.7 Å². The molecule has 0 bridgehead atoms. The lowest BCUT2D eigenvalue weighted by atomic mass is 9.80. The van der Waals surface area contributed by atoms with Gasteiger partial charge in [-0.25, -0.2) is 0 Å². The second-order valence-corrected chi connectivity index (χ2v) is 9.36. The van der Waals surface area contributed by atoms with E-state index in [4.69, 9.17) is 0 Å². The number of hydrogen-bond acceptors (Lipinski definition) is 2. The summed E-state index contributed by atoms with van der Waals surface area (Å²) in [4.78, 5) is 4.23. The van der Waals surface area contributed by atoms with Gasteiger partial charge in [0.05, 0.1) is 0 Å². The van der Waals surface area contributed by atoms with Crippen LogP contribution in [-0.2, 0) is 6.54 Å². The summed E-state index contributed by atoms with van der Waals surface area (Å²) in [7, 11) is 0. The summed E-state index contributed by atoms with van der Waals surface area (Å²) >= 11 is 0. The van der Waals surface area contributed by atoms with Crippen LogP contribution in [0, 0.1) is 0 Å². The molecule has 1 fully saturated rings. The Labute approximate surface area is 188 Å². The fraction of sp³-hybridized carbons (Fsp3) is 0.414. The fourth-order valence-corrected chi connectivity index (χ4v) is 5.01. The van der Waals surface area contributed by atoms with Gasteiger partial charge in [-0.2, -0.15) is 0 Å². The Kier molecular flexibility index (Phi) is 7.53. The summed E-state index contributed by atoms with van der Waals surface area (Å²) in [5.74, 6) is 1.31. The van der Waals surface area contributed by atoms with Crippen LogP contribution in [0.25, 0.3) is 11.1 Å². The van der Waals surface area contributed by atoms with Crippen molar-refractivity contribution >= 4 is 0 Å². The minimum Gasteiger partial charge on any atom is -0.310 e. The summed E-state index contributed by atoms with van der Waals surface area (Å²) in [6.07, 6.45) is 11.6. The van der Waals surface area contributed by atoms with E-state index in [1.54, 1.807) is 11.1 Å². The SMILES string of the molecule is CC(C)c1ccccc1C1CCCCC(NCc2ccc(-c3cccnc3)cc2)CC1. The Morgan fingerprint density at radius 1 is 0.839 bits per heavy atom. The predicted molar refractivity (Wildman–Crippen MR) is 131 cm³/mol. The van der Waals surface area contributed by atoms with Crippen LogP contribution in [0.5, 0.6) is 0 Å². The topological polar surface area (TPSA) is 24.9 Å². The number of pyridine rings is 1. The van der Waals surface area contributed by atoms with Gasteiger partial charge in [0, 0.05) is 25.0 Å². The highest BCUT2D eigenvalue weighted by Crippen LogP contribution is 2.35. The van der Waals surface area contributed by atoms with Crippen molar-refractivity contribution in [2.75, 3.05) is 0 Å². The fourth-order valence-electron chi connectivity index (χ4n) is 5.01. The van der Waals surface area contributed by atoms with Gasteiger partial charge in [-0.05, 0) is 71.4 Å². The maximum Gasteiger partial charge on any atom is 0.0346 e. The maximum absolute atomic E-state index is 4.23. The highest BCUT2D eigenvalue weighted by atomic mass is 14.9. The van der Waals surface area contributed by atoms with Crippen molar-refractivity contribution < 1.29 is 0 Å². The maximum atomic E-state index is 4.23. The lowest BCUT2D eigenvalue weighted by molar-refractivity contribution is 0.366. The van der Waals surface area contributed by atoms with Crippen molar-refractivity contribution in [2.24, 2.45) is 0 Å². The smallest absolute Gasteiger partial charge is 0.0346 e. The van der Waals surface area contributed by atoms with Crippen molar-refractivity contribution in [2.45, 2.75) is 76.8 Å². The average Bonchev–Trinajstić information content (AvgIpc) is 2.80. The van der Waals surface area contributed by atoms with Crippen LogP contribution in [0.2, 0.25) is 0 Å². The first-order valence-corrected chi connectivity index (χ1v) is 12.0. The Morgan fingerprint density at radius 3 is 2.42 bits per heavy atom. The van der Waals surface area contributed by atoms with Gasteiger partial charge in [-0.3, -0.25) is 4.98 Å². The first-order valence-electron chi connectivity index (χ1n) is 12.0. The van der Waals surface area contributed by atoms with Gasteiger partial charge < -0.3 is 5.32 Å². The minimum atomic E-state index is 0.602.